The number of aliphatic hydroxyl groups is 3. The third-order valence-electron chi connectivity index (χ3n) is 5.83. The van der Waals surface area contributed by atoms with Crippen LogP contribution in [0.3, 0.4) is 0 Å². The first-order valence-corrected chi connectivity index (χ1v) is 12.3. The van der Waals surface area contributed by atoms with E-state index in [-0.39, 0.29) is 41.0 Å². The van der Waals surface area contributed by atoms with Crippen LogP contribution < -0.4 is 14.8 Å². The highest BCUT2D eigenvalue weighted by Gasteiger charge is 2.44. The fourth-order valence-corrected chi connectivity index (χ4v) is 4.04. The molecular weight excluding hydrogens is 534 g/mol. The Morgan fingerprint density at radius 1 is 1.13 bits per heavy atom. The van der Waals surface area contributed by atoms with Gasteiger partial charge in [-0.2, -0.15) is 0 Å². The summed E-state index contributed by atoms with van der Waals surface area (Å²) in [7, 11) is 2.64. The molecule has 0 aromatic heterocycles. The third-order valence-corrected chi connectivity index (χ3v) is 6.12. The van der Waals surface area contributed by atoms with Crippen molar-refractivity contribution in [3.63, 3.8) is 0 Å². The Balaban J connectivity index is 1.64. The minimum absolute atomic E-state index is 0.0371. The lowest BCUT2D eigenvalue weighted by molar-refractivity contribution is -0.294. The first-order valence-electron chi connectivity index (χ1n) is 11.9. The predicted octanol–water partition coefficient (Wildman–Crippen LogP) is 1.89. The van der Waals surface area contributed by atoms with E-state index in [9.17, 15) is 24.9 Å². The number of aliphatic hydroxyl groups excluding tert-OH is 3. The number of nitrogens with one attached hydrogen (secondary N) is 1. The highest BCUT2D eigenvalue weighted by molar-refractivity contribution is 6.32. The van der Waals surface area contributed by atoms with E-state index >= 15 is 0 Å². The topological polar surface area (TPSA) is 153 Å². The number of hydrogen-bond donors (Lipinski definition) is 4. The van der Waals surface area contributed by atoms with E-state index in [1.54, 1.807) is 24.3 Å². The molecule has 1 aliphatic rings. The molecule has 39 heavy (non-hydrogen) atoms. The predicted molar refractivity (Wildman–Crippen MR) is 139 cm³/mol. The summed E-state index contributed by atoms with van der Waals surface area (Å²) < 4.78 is 26.7. The van der Waals surface area contributed by atoms with Crippen LogP contribution in [0.4, 0.5) is 5.69 Å². The van der Waals surface area contributed by atoms with Gasteiger partial charge in [-0.05, 0) is 29.8 Å². The summed E-state index contributed by atoms with van der Waals surface area (Å²) in [5.74, 6) is 1.77. The molecule has 1 fully saturated rings. The number of carbonyl (C=O) groups is 2. The standard InChI is InChI=1S/C27H30ClNO10/c1-4-5-9-21(30)29-17-8-6-7-15(10-17)13-37-25-18(28)11-16(12-19(25)35-2)26(34)38-14-20-22(31)23(32)24(33)27(36-3)39-20/h1,6-8,10-12,20,22-24,27,31-33H,5,9,13-14H2,2-3H3,(H,29,30)/t20-,22-,23+,24-,27-/m1/s1. The molecule has 5 atom stereocenters. The van der Waals surface area contributed by atoms with Crippen LogP contribution in [0.15, 0.2) is 36.4 Å². The van der Waals surface area contributed by atoms with Crippen LogP contribution in [-0.2, 0) is 25.6 Å². The number of esters is 1. The summed E-state index contributed by atoms with van der Waals surface area (Å²) in [5.41, 5.74) is 1.36. The largest absolute Gasteiger partial charge is 0.493 e. The highest BCUT2D eigenvalue weighted by Crippen LogP contribution is 2.37. The third kappa shape index (κ3) is 7.83. The Bertz CT molecular complexity index is 1200. The molecule has 0 aliphatic carbocycles. The van der Waals surface area contributed by atoms with Crippen LogP contribution in [0.5, 0.6) is 11.5 Å². The highest BCUT2D eigenvalue weighted by atomic mass is 35.5. The van der Waals surface area contributed by atoms with Crippen molar-refractivity contribution in [1.29, 1.82) is 0 Å². The zero-order valence-electron chi connectivity index (χ0n) is 21.3. The normalized spacial score (nSPS) is 22.4. The number of carbonyl (C=O) groups excluding carboxylic acids is 2. The van der Waals surface area contributed by atoms with Crippen LogP contribution in [-0.4, -0.2) is 78.7 Å². The minimum Gasteiger partial charge on any atom is -0.493 e. The van der Waals surface area contributed by atoms with Gasteiger partial charge < -0.3 is 44.3 Å². The fraction of sp³-hybridized carbons (Fsp3) is 0.407. The number of terminal acetylenes is 1. The maximum absolute atomic E-state index is 12.7. The van der Waals surface area contributed by atoms with Gasteiger partial charge in [-0.15, -0.1) is 12.3 Å². The van der Waals surface area contributed by atoms with Gasteiger partial charge >= 0.3 is 5.97 Å². The summed E-state index contributed by atoms with van der Waals surface area (Å²) in [5, 5.41) is 32.8. The second-order valence-corrected chi connectivity index (χ2v) is 8.99. The van der Waals surface area contributed by atoms with Crippen LogP contribution >= 0.6 is 11.6 Å². The molecular formula is C27H30ClNO10. The number of halogens is 1. The van der Waals surface area contributed by atoms with Gasteiger partial charge in [0, 0.05) is 25.6 Å². The molecule has 0 unspecified atom stereocenters. The van der Waals surface area contributed by atoms with Crippen molar-refractivity contribution in [2.45, 2.75) is 50.2 Å². The first-order chi connectivity index (χ1) is 18.7. The molecule has 2 aromatic rings. The molecule has 1 aliphatic heterocycles. The van der Waals surface area contributed by atoms with Crippen molar-refractivity contribution in [3.8, 4) is 23.8 Å². The van der Waals surface area contributed by atoms with Gasteiger partial charge in [0.05, 0.1) is 17.7 Å². The Hall–Kier alpha value is -3.37. The Kier molecular flexibility index (Phi) is 10.9. The number of methoxy groups -OCH3 is 2. The molecule has 3 rings (SSSR count). The van der Waals surface area contributed by atoms with Gasteiger partial charge in [-0.25, -0.2) is 4.79 Å². The van der Waals surface area contributed by atoms with Crippen molar-refractivity contribution in [2.24, 2.45) is 0 Å². The SMILES string of the molecule is C#CCCC(=O)Nc1cccc(COc2c(Cl)cc(C(=O)OC[C@H]3O[C@@H](OC)[C@H](O)[C@@H](O)[C@@H]3O)cc2OC)c1. The number of amides is 1. The molecule has 0 saturated carbocycles. The fourth-order valence-electron chi connectivity index (χ4n) is 3.77. The van der Waals surface area contributed by atoms with Crippen molar-refractivity contribution >= 4 is 29.2 Å². The number of rotatable bonds is 11. The van der Waals surface area contributed by atoms with Gasteiger partial charge in [0.25, 0.3) is 0 Å². The molecule has 11 nitrogen and oxygen atoms in total. The molecule has 12 heteroatoms. The molecule has 0 bridgehead atoms. The Morgan fingerprint density at radius 2 is 1.90 bits per heavy atom. The van der Waals surface area contributed by atoms with Gasteiger partial charge in [-0.3, -0.25) is 4.79 Å². The molecule has 1 amide bonds. The molecule has 4 N–H and O–H groups in total. The first kappa shape index (κ1) is 30.2. The van der Waals surface area contributed by atoms with Gasteiger partial charge in [0.1, 0.15) is 37.6 Å². The van der Waals surface area contributed by atoms with E-state index in [0.29, 0.717) is 12.1 Å². The molecule has 1 heterocycles. The quantitative estimate of drug-likeness (QED) is 0.235. The van der Waals surface area contributed by atoms with Gasteiger partial charge in [-0.1, -0.05) is 23.7 Å². The van der Waals surface area contributed by atoms with E-state index in [2.05, 4.69) is 11.2 Å². The van der Waals surface area contributed by atoms with E-state index in [4.69, 9.17) is 41.7 Å². The van der Waals surface area contributed by atoms with E-state index in [1.165, 1.54) is 26.4 Å². The van der Waals surface area contributed by atoms with Crippen LogP contribution in [0.1, 0.15) is 28.8 Å². The monoisotopic (exact) mass is 563 g/mol. The number of anilines is 1. The van der Waals surface area contributed by atoms with Crippen molar-refractivity contribution in [2.75, 3.05) is 26.1 Å². The average Bonchev–Trinajstić information content (AvgIpc) is 2.93. The van der Waals surface area contributed by atoms with E-state index in [0.717, 1.165) is 5.56 Å². The minimum atomic E-state index is -1.55. The van der Waals surface area contributed by atoms with Crippen LogP contribution in [0, 0.1) is 12.3 Å². The van der Waals surface area contributed by atoms with E-state index < -0.39 is 43.3 Å². The average molecular weight is 564 g/mol. The second-order valence-electron chi connectivity index (χ2n) is 8.58. The van der Waals surface area contributed by atoms with Crippen molar-refractivity contribution in [1.82, 2.24) is 0 Å². The number of hydrogen-bond acceptors (Lipinski definition) is 10. The van der Waals surface area contributed by atoms with Gasteiger partial charge in [0.2, 0.25) is 5.91 Å². The molecule has 0 radical (unpaired) electrons. The molecule has 210 valence electrons. The molecule has 0 spiro atoms. The van der Waals surface area contributed by atoms with Gasteiger partial charge in [0.15, 0.2) is 17.8 Å². The van der Waals surface area contributed by atoms with Crippen LogP contribution in [0.2, 0.25) is 5.02 Å². The van der Waals surface area contributed by atoms with Crippen LogP contribution in [0.25, 0.3) is 0 Å². The molecule has 1 saturated heterocycles. The summed E-state index contributed by atoms with van der Waals surface area (Å²) in [6.07, 6.45) is -1.13. The zero-order valence-corrected chi connectivity index (χ0v) is 22.1. The maximum atomic E-state index is 12.7. The number of ether oxygens (including phenoxy) is 5. The lowest BCUT2D eigenvalue weighted by atomic mass is 9.99. The Labute approximate surface area is 230 Å². The van der Waals surface area contributed by atoms with E-state index in [1.807, 2.05) is 0 Å². The zero-order chi connectivity index (χ0) is 28.5. The number of benzene rings is 2. The lowest BCUT2D eigenvalue weighted by Crippen LogP contribution is -2.59. The lowest BCUT2D eigenvalue weighted by Gasteiger charge is -2.39. The van der Waals surface area contributed by atoms with Crippen molar-refractivity contribution < 1.29 is 48.6 Å². The molecule has 2 aromatic carbocycles. The smallest absolute Gasteiger partial charge is 0.338 e. The van der Waals surface area contributed by atoms with Crippen molar-refractivity contribution in [3.05, 3.63) is 52.5 Å². The Morgan fingerprint density at radius 3 is 2.59 bits per heavy atom. The summed E-state index contributed by atoms with van der Waals surface area (Å²) in [6, 6.07) is 9.75. The summed E-state index contributed by atoms with van der Waals surface area (Å²) >= 11 is 6.39. The summed E-state index contributed by atoms with van der Waals surface area (Å²) in [4.78, 5) is 24.6. The maximum Gasteiger partial charge on any atom is 0.338 e. The summed E-state index contributed by atoms with van der Waals surface area (Å²) in [6.45, 7) is -0.350. The second kappa shape index (κ2) is 14.1.